The molecule has 1 amide bonds. The predicted molar refractivity (Wildman–Crippen MR) is 83.1 cm³/mol. The second-order valence-electron chi connectivity index (χ2n) is 4.63. The van der Waals surface area contributed by atoms with Crippen LogP contribution in [0.5, 0.6) is 0 Å². The van der Waals surface area contributed by atoms with Gasteiger partial charge in [-0.2, -0.15) is 0 Å². The summed E-state index contributed by atoms with van der Waals surface area (Å²) in [4.78, 5) is 11.5. The second-order valence-corrected chi connectivity index (χ2v) is 5.56. The number of amides is 1. The summed E-state index contributed by atoms with van der Waals surface area (Å²) >= 11 is 1.22. The summed E-state index contributed by atoms with van der Waals surface area (Å²) in [6.45, 7) is 8.04. The zero-order valence-corrected chi connectivity index (χ0v) is 12.9. The molecular formula is C15H17N3O2S. The summed E-state index contributed by atoms with van der Waals surface area (Å²) in [6, 6.07) is 6.07. The average Bonchev–Trinajstić information content (AvgIpc) is 2.90. The molecular weight excluding hydrogens is 286 g/mol. The fraction of sp³-hybridized carbons (Fsp3) is 0.267. The summed E-state index contributed by atoms with van der Waals surface area (Å²) in [7, 11) is 0. The number of hydrogen-bond acceptors (Lipinski definition) is 5. The fourth-order valence-electron chi connectivity index (χ4n) is 1.85. The number of aromatic nitrogens is 2. The molecule has 21 heavy (non-hydrogen) atoms. The lowest BCUT2D eigenvalue weighted by Crippen LogP contribution is -2.24. The second kappa shape index (κ2) is 7.08. The Morgan fingerprint density at radius 3 is 2.71 bits per heavy atom. The van der Waals surface area contributed by atoms with Crippen LogP contribution in [-0.4, -0.2) is 28.4 Å². The van der Waals surface area contributed by atoms with Gasteiger partial charge in [-0.1, -0.05) is 35.0 Å². The van der Waals surface area contributed by atoms with E-state index in [-0.39, 0.29) is 11.7 Å². The fourth-order valence-corrected chi connectivity index (χ4v) is 2.44. The molecule has 0 aliphatic rings. The Balaban J connectivity index is 2.01. The van der Waals surface area contributed by atoms with Crippen LogP contribution in [0.25, 0.3) is 11.5 Å². The number of carbonyl (C=O) groups is 1. The van der Waals surface area contributed by atoms with Gasteiger partial charge < -0.3 is 9.73 Å². The molecule has 1 aromatic carbocycles. The highest BCUT2D eigenvalue weighted by Gasteiger charge is 2.11. The van der Waals surface area contributed by atoms with E-state index in [2.05, 4.69) is 28.2 Å². The zero-order chi connectivity index (χ0) is 15.2. The Labute approximate surface area is 127 Å². The van der Waals surface area contributed by atoms with Crippen LogP contribution in [0.4, 0.5) is 0 Å². The van der Waals surface area contributed by atoms with Gasteiger partial charge in [0.25, 0.3) is 5.22 Å². The molecule has 2 aromatic rings. The highest BCUT2D eigenvalue weighted by Crippen LogP contribution is 2.24. The standard InChI is InChI=1S/C15H17N3O2S/c1-4-5-16-13(19)9-21-15-18-17-14(20-15)12-7-10(2)6-11(3)8-12/h4,6-8H,1,5,9H2,2-3H3,(H,16,19). The van der Waals surface area contributed by atoms with E-state index in [0.717, 1.165) is 16.7 Å². The maximum absolute atomic E-state index is 11.5. The van der Waals surface area contributed by atoms with Gasteiger partial charge in [-0.15, -0.1) is 16.8 Å². The van der Waals surface area contributed by atoms with Crippen molar-refractivity contribution in [2.75, 3.05) is 12.3 Å². The van der Waals surface area contributed by atoms with Crippen molar-refractivity contribution in [1.29, 1.82) is 0 Å². The van der Waals surface area contributed by atoms with Crippen LogP contribution in [-0.2, 0) is 4.79 Å². The van der Waals surface area contributed by atoms with Crippen LogP contribution in [0.1, 0.15) is 11.1 Å². The van der Waals surface area contributed by atoms with E-state index < -0.39 is 0 Å². The van der Waals surface area contributed by atoms with Gasteiger partial charge in [0, 0.05) is 12.1 Å². The molecule has 0 bridgehead atoms. The maximum Gasteiger partial charge on any atom is 0.277 e. The number of nitrogens with one attached hydrogen (secondary N) is 1. The molecule has 0 saturated carbocycles. The van der Waals surface area contributed by atoms with Crippen molar-refractivity contribution in [3.05, 3.63) is 42.0 Å². The quantitative estimate of drug-likeness (QED) is 0.656. The molecule has 0 fully saturated rings. The molecule has 1 N–H and O–H groups in total. The summed E-state index contributed by atoms with van der Waals surface area (Å²) in [6.07, 6.45) is 1.63. The van der Waals surface area contributed by atoms with Gasteiger partial charge in [-0.25, -0.2) is 0 Å². The van der Waals surface area contributed by atoms with Crippen molar-refractivity contribution < 1.29 is 9.21 Å². The van der Waals surface area contributed by atoms with E-state index in [1.807, 2.05) is 26.0 Å². The highest BCUT2D eigenvalue weighted by atomic mass is 32.2. The van der Waals surface area contributed by atoms with E-state index in [0.29, 0.717) is 17.7 Å². The van der Waals surface area contributed by atoms with Gasteiger partial charge in [0.1, 0.15) is 0 Å². The van der Waals surface area contributed by atoms with E-state index in [1.165, 1.54) is 11.8 Å². The monoisotopic (exact) mass is 303 g/mol. The van der Waals surface area contributed by atoms with Crippen LogP contribution in [0.2, 0.25) is 0 Å². The third-order valence-corrected chi connectivity index (χ3v) is 3.46. The number of aryl methyl sites for hydroxylation is 2. The minimum absolute atomic E-state index is 0.0916. The Morgan fingerprint density at radius 2 is 2.05 bits per heavy atom. The van der Waals surface area contributed by atoms with Crippen molar-refractivity contribution >= 4 is 17.7 Å². The first kappa shape index (κ1) is 15.3. The molecule has 0 saturated heterocycles. The van der Waals surface area contributed by atoms with Gasteiger partial charge in [0.05, 0.1) is 5.75 Å². The molecule has 0 aliphatic heterocycles. The van der Waals surface area contributed by atoms with Crippen molar-refractivity contribution in [3.63, 3.8) is 0 Å². The third kappa shape index (κ3) is 4.46. The van der Waals surface area contributed by atoms with Crippen molar-refractivity contribution in [3.8, 4) is 11.5 Å². The van der Waals surface area contributed by atoms with Gasteiger partial charge in [0.15, 0.2) is 0 Å². The lowest BCUT2D eigenvalue weighted by atomic mass is 10.1. The van der Waals surface area contributed by atoms with Crippen molar-refractivity contribution in [2.24, 2.45) is 0 Å². The molecule has 5 nitrogen and oxygen atoms in total. The smallest absolute Gasteiger partial charge is 0.277 e. The predicted octanol–water partition coefficient (Wildman–Crippen LogP) is 2.75. The van der Waals surface area contributed by atoms with E-state index in [1.54, 1.807) is 6.08 Å². The van der Waals surface area contributed by atoms with Crippen LogP contribution >= 0.6 is 11.8 Å². The average molecular weight is 303 g/mol. The summed E-state index contributed by atoms with van der Waals surface area (Å²) in [5, 5.41) is 11.0. The minimum Gasteiger partial charge on any atom is -0.411 e. The number of hydrogen-bond donors (Lipinski definition) is 1. The van der Waals surface area contributed by atoms with Crippen molar-refractivity contribution in [2.45, 2.75) is 19.1 Å². The van der Waals surface area contributed by atoms with E-state index in [4.69, 9.17) is 4.42 Å². The van der Waals surface area contributed by atoms with Gasteiger partial charge in [-0.3, -0.25) is 4.79 Å². The van der Waals surface area contributed by atoms with E-state index in [9.17, 15) is 4.79 Å². The number of benzene rings is 1. The van der Waals surface area contributed by atoms with Crippen LogP contribution in [0.15, 0.2) is 40.5 Å². The Hall–Kier alpha value is -2.08. The van der Waals surface area contributed by atoms with Gasteiger partial charge in [0.2, 0.25) is 11.8 Å². The number of nitrogens with zero attached hydrogens (tertiary/aromatic N) is 2. The zero-order valence-electron chi connectivity index (χ0n) is 12.0. The van der Waals surface area contributed by atoms with Gasteiger partial charge in [-0.05, 0) is 26.0 Å². The third-order valence-electron chi connectivity index (χ3n) is 2.65. The lowest BCUT2D eigenvalue weighted by Gasteiger charge is -2.00. The number of carbonyl (C=O) groups excluding carboxylic acids is 1. The molecule has 0 atom stereocenters. The molecule has 6 heteroatoms. The lowest BCUT2D eigenvalue weighted by molar-refractivity contribution is -0.118. The molecule has 0 unspecified atom stereocenters. The van der Waals surface area contributed by atoms with Crippen molar-refractivity contribution in [1.82, 2.24) is 15.5 Å². The van der Waals surface area contributed by atoms with Crippen LogP contribution in [0.3, 0.4) is 0 Å². The van der Waals surface area contributed by atoms with Crippen LogP contribution < -0.4 is 5.32 Å². The molecule has 1 heterocycles. The topological polar surface area (TPSA) is 68.0 Å². The summed E-state index contributed by atoms with van der Waals surface area (Å²) in [5.41, 5.74) is 3.17. The Kier molecular flexibility index (Phi) is 5.16. The first-order chi connectivity index (χ1) is 10.1. The first-order valence-electron chi connectivity index (χ1n) is 6.51. The SMILES string of the molecule is C=CCNC(=O)CSc1nnc(-c2cc(C)cc(C)c2)o1. The highest BCUT2D eigenvalue weighted by molar-refractivity contribution is 7.99. The minimum atomic E-state index is -0.0916. The molecule has 0 radical (unpaired) electrons. The maximum atomic E-state index is 11.5. The largest absolute Gasteiger partial charge is 0.411 e. The molecule has 1 aromatic heterocycles. The molecule has 0 spiro atoms. The summed E-state index contributed by atoms with van der Waals surface area (Å²) in [5.74, 6) is 0.615. The van der Waals surface area contributed by atoms with Gasteiger partial charge >= 0.3 is 0 Å². The summed E-state index contributed by atoms with van der Waals surface area (Å²) < 4.78 is 5.58. The molecule has 110 valence electrons. The Morgan fingerprint density at radius 1 is 1.33 bits per heavy atom. The van der Waals surface area contributed by atoms with Crippen LogP contribution in [0, 0.1) is 13.8 Å². The number of rotatable bonds is 6. The number of thioether (sulfide) groups is 1. The first-order valence-corrected chi connectivity index (χ1v) is 7.49. The normalized spacial score (nSPS) is 10.4. The molecule has 0 aliphatic carbocycles. The van der Waals surface area contributed by atoms with E-state index >= 15 is 0 Å². The molecule has 2 rings (SSSR count). The Bertz CT molecular complexity index is 632.